The number of unbranched alkanes of at least 4 members (excludes halogenated alkanes) is 21. The van der Waals surface area contributed by atoms with E-state index >= 15 is 0 Å². The third-order valence-corrected chi connectivity index (χ3v) is 7.40. The fraction of sp³-hybridized carbons (Fsp3) is 0.895. The van der Waals surface area contributed by atoms with Crippen molar-refractivity contribution in [3.63, 3.8) is 0 Å². The van der Waals surface area contributed by atoms with Gasteiger partial charge in [0.1, 0.15) is 13.6 Å². The molecule has 0 aliphatic heterocycles. The van der Waals surface area contributed by atoms with Gasteiger partial charge in [0.05, 0.1) is 0 Å². The van der Waals surface area contributed by atoms with Gasteiger partial charge in [0.2, 0.25) is 0 Å². The van der Waals surface area contributed by atoms with Gasteiger partial charge in [-0.25, -0.2) is 0 Å². The van der Waals surface area contributed by atoms with E-state index in [1.165, 1.54) is 154 Å². The first-order chi connectivity index (χ1) is 20.3. The highest BCUT2D eigenvalue weighted by molar-refractivity contribution is 4.81. The molecule has 0 aromatic heterocycles. The Morgan fingerprint density at radius 1 is 0.317 bits per heavy atom. The van der Waals surface area contributed by atoms with Crippen LogP contribution in [-0.4, -0.2) is 26.8 Å². The van der Waals surface area contributed by atoms with Crippen LogP contribution in [0, 0.1) is 0 Å². The summed E-state index contributed by atoms with van der Waals surface area (Å²) in [7, 11) is 0. The van der Waals surface area contributed by atoms with Crippen LogP contribution in [0.25, 0.3) is 0 Å². The predicted molar refractivity (Wildman–Crippen MR) is 184 cm³/mol. The zero-order valence-corrected chi connectivity index (χ0v) is 28.7. The maximum atomic E-state index is 5.44. The molecule has 0 aliphatic carbocycles. The molecular formula is C38H76O3. The molecule has 0 rings (SSSR count). The lowest BCUT2D eigenvalue weighted by Gasteiger charge is -2.07. The van der Waals surface area contributed by atoms with Crippen molar-refractivity contribution in [3.05, 3.63) is 24.3 Å². The molecule has 0 saturated heterocycles. The van der Waals surface area contributed by atoms with Crippen molar-refractivity contribution < 1.29 is 14.2 Å². The van der Waals surface area contributed by atoms with Crippen LogP contribution in [0.1, 0.15) is 195 Å². The molecule has 0 radical (unpaired) electrons. The summed E-state index contributed by atoms with van der Waals surface area (Å²) in [6.07, 6.45) is 44.0. The van der Waals surface area contributed by atoms with Crippen molar-refractivity contribution in [2.75, 3.05) is 26.8 Å². The third-order valence-electron chi connectivity index (χ3n) is 7.40. The highest BCUT2D eigenvalue weighted by Crippen LogP contribution is 2.10. The van der Waals surface area contributed by atoms with Crippen molar-refractivity contribution in [1.29, 1.82) is 0 Å². The van der Waals surface area contributed by atoms with E-state index in [-0.39, 0.29) is 0 Å². The summed E-state index contributed by atoms with van der Waals surface area (Å²) in [5, 5.41) is 0. The van der Waals surface area contributed by atoms with E-state index < -0.39 is 0 Å². The topological polar surface area (TPSA) is 27.7 Å². The summed E-state index contributed by atoms with van der Waals surface area (Å²) in [5.41, 5.74) is 0. The molecule has 0 spiro atoms. The normalized spacial score (nSPS) is 11.5. The molecule has 3 nitrogen and oxygen atoms in total. The van der Waals surface area contributed by atoms with Gasteiger partial charge in [-0.15, -0.1) is 0 Å². The monoisotopic (exact) mass is 581 g/mol. The quantitative estimate of drug-likeness (QED) is 0.0439. The number of allylic oxidation sites excluding steroid dienone is 4. The van der Waals surface area contributed by atoms with E-state index in [1.807, 2.05) is 0 Å². The molecule has 0 unspecified atom stereocenters. The lowest BCUT2D eigenvalue weighted by molar-refractivity contribution is -0.131. The van der Waals surface area contributed by atoms with Crippen LogP contribution in [0.3, 0.4) is 0 Å². The fourth-order valence-corrected chi connectivity index (χ4v) is 4.67. The zero-order valence-electron chi connectivity index (χ0n) is 28.7. The number of hydrogen-bond donors (Lipinski definition) is 0. The Hall–Kier alpha value is -0.640. The molecule has 41 heavy (non-hydrogen) atoms. The van der Waals surface area contributed by atoms with E-state index in [0.717, 1.165) is 26.1 Å². The lowest BCUT2D eigenvalue weighted by Crippen LogP contribution is -2.06. The summed E-state index contributed by atoms with van der Waals surface area (Å²) < 4.78 is 16.2. The lowest BCUT2D eigenvalue weighted by atomic mass is 10.1. The SMILES string of the molecule is CC/C=C\CCCCCCCC/C=C\CCCC.CCCCCCCCCOCOCOCCCCCCCCC. The minimum Gasteiger partial charge on any atom is -0.355 e. The standard InChI is InChI=1S/C20H42O3.C18H34/c1-3-5-7-9-11-13-15-17-21-19-23-20-22-18-16-14-12-10-8-6-4-2;1-3-5-7-9-11-13-15-17-18-16-14-12-10-8-6-4-2/h3-20H2,1-2H3;5,7,10,12H,3-4,6,8-9,11,13-18H2,1-2H3/b;7-5-,12-10-. The molecule has 0 aliphatic rings. The van der Waals surface area contributed by atoms with E-state index in [2.05, 4.69) is 52.0 Å². The van der Waals surface area contributed by atoms with Crippen molar-refractivity contribution in [2.45, 2.75) is 195 Å². The summed E-state index contributed by atoms with van der Waals surface area (Å²) in [5.74, 6) is 0. The summed E-state index contributed by atoms with van der Waals surface area (Å²) in [4.78, 5) is 0. The van der Waals surface area contributed by atoms with Crippen LogP contribution in [-0.2, 0) is 14.2 Å². The van der Waals surface area contributed by atoms with Gasteiger partial charge in [-0.2, -0.15) is 0 Å². The van der Waals surface area contributed by atoms with Gasteiger partial charge < -0.3 is 14.2 Å². The Balaban J connectivity index is 0. The van der Waals surface area contributed by atoms with Gasteiger partial charge in [0.15, 0.2) is 0 Å². The first-order valence-electron chi connectivity index (χ1n) is 18.4. The van der Waals surface area contributed by atoms with Crippen LogP contribution in [0.2, 0.25) is 0 Å². The third kappa shape index (κ3) is 46.5. The molecular weight excluding hydrogens is 504 g/mol. The summed E-state index contributed by atoms with van der Waals surface area (Å²) in [6.45, 7) is 11.3. The van der Waals surface area contributed by atoms with Gasteiger partial charge in [0, 0.05) is 13.2 Å². The molecule has 0 bridgehead atoms. The van der Waals surface area contributed by atoms with Crippen molar-refractivity contribution in [3.8, 4) is 0 Å². The molecule has 0 fully saturated rings. The Bertz CT molecular complexity index is 454. The van der Waals surface area contributed by atoms with Crippen LogP contribution in [0.5, 0.6) is 0 Å². The average Bonchev–Trinajstić information content (AvgIpc) is 2.99. The van der Waals surface area contributed by atoms with Crippen LogP contribution in [0.4, 0.5) is 0 Å². The molecule has 0 atom stereocenters. The highest BCUT2D eigenvalue weighted by atomic mass is 16.7. The van der Waals surface area contributed by atoms with E-state index in [0.29, 0.717) is 13.6 Å². The molecule has 0 saturated carbocycles. The second-order valence-corrected chi connectivity index (χ2v) is 11.7. The molecule has 0 aromatic rings. The second-order valence-electron chi connectivity index (χ2n) is 11.7. The van der Waals surface area contributed by atoms with Crippen molar-refractivity contribution in [2.24, 2.45) is 0 Å². The molecule has 0 N–H and O–H groups in total. The molecule has 0 heterocycles. The zero-order chi connectivity index (χ0) is 30.2. The minimum atomic E-state index is 0.368. The average molecular weight is 581 g/mol. The summed E-state index contributed by atoms with van der Waals surface area (Å²) >= 11 is 0. The first kappa shape index (κ1) is 42.5. The van der Waals surface area contributed by atoms with Crippen LogP contribution < -0.4 is 0 Å². The Morgan fingerprint density at radius 2 is 0.659 bits per heavy atom. The van der Waals surface area contributed by atoms with Gasteiger partial charge in [-0.1, -0.05) is 168 Å². The second kappa shape index (κ2) is 43.8. The molecule has 3 heteroatoms. The fourth-order valence-electron chi connectivity index (χ4n) is 4.67. The maximum absolute atomic E-state index is 5.44. The summed E-state index contributed by atoms with van der Waals surface area (Å²) in [6, 6.07) is 0. The van der Waals surface area contributed by atoms with Crippen molar-refractivity contribution in [1.82, 2.24) is 0 Å². The number of rotatable bonds is 33. The van der Waals surface area contributed by atoms with Crippen molar-refractivity contribution >= 4 is 0 Å². The number of hydrogen-bond acceptors (Lipinski definition) is 3. The van der Waals surface area contributed by atoms with E-state index in [1.54, 1.807) is 0 Å². The number of ether oxygens (including phenoxy) is 3. The molecule has 0 aromatic carbocycles. The predicted octanol–water partition coefficient (Wildman–Crippen LogP) is 13.3. The largest absolute Gasteiger partial charge is 0.355 e. The van der Waals surface area contributed by atoms with Gasteiger partial charge in [-0.3, -0.25) is 0 Å². The van der Waals surface area contributed by atoms with Gasteiger partial charge in [-0.05, 0) is 51.4 Å². The van der Waals surface area contributed by atoms with Crippen LogP contribution in [0.15, 0.2) is 24.3 Å². The maximum Gasteiger partial charge on any atom is 0.149 e. The van der Waals surface area contributed by atoms with E-state index in [9.17, 15) is 0 Å². The molecule has 246 valence electrons. The van der Waals surface area contributed by atoms with Gasteiger partial charge >= 0.3 is 0 Å². The minimum absolute atomic E-state index is 0.368. The highest BCUT2D eigenvalue weighted by Gasteiger charge is 1.94. The van der Waals surface area contributed by atoms with Gasteiger partial charge in [0.25, 0.3) is 0 Å². The smallest absolute Gasteiger partial charge is 0.149 e. The van der Waals surface area contributed by atoms with E-state index in [4.69, 9.17) is 14.2 Å². The Morgan fingerprint density at radius 3 is 1.07 bits per heavy atom. The molecule has 0 amide bonds. The Kier molecular flexibility index (Phi) is 45.4. The van der Waals surface area contributed by atoms with Crippen LogP contribution >= 0.6 is 0 Å². The first-order valence-corrected chi connectivity index (χ1v) is 18.4. The Labute approximate surface area is 259 Å².